The molecule has 4 heteroatoms. The first kappa shape index (κ1) is 46.3. The molecule has 0 aliphatic heterocycles. The number of nitrogens with zero attached hydrogens (tertiary/aromatic N) is 1. The molecule has 4 aromatic rings. The average Bonchev–Trinajstić information content (AvgIpc) is 3.09. The van der Waals surface area contributed by atoms with E-state index in [1.165, 1.54) is 57.7 Å². The van der Waals surface area contributed by atoms with Gasteiger partial charge < -0.3 is 5.11 Å². The smallest absolute Gasteiger partial charge is 0.162 e. The molecule has 0 unspecified atom stereocenters. The Morgan fingerprint density at radius 1 is 0.776 bits per heavy atom. The summed E-state index contributed by atoms with van der Waals surface area (Å²) in [5, 5.41) is 14.1. The second-order valence-corrected chi connectivity index (χ2v) is 22.9. The summed E-state index contributed by atoms with van der Waals surface area (Å²) in [6.45, 7) is 30.3. The molecule has 1 N–H and O–H groups in total. The summed E-state index contributed by atoms with van der Waals surface area (Å²) in [6.07, 6.45) is 13.8. The molecule has 58 heavy (non-hydrogen) atoms. The molecule has 3 nitrogen and oxygen atoms in total. The average molecular weight is 961 g/mol. The molecule has 3 fully saturated rings. The van der Waals surface area contributed by atoms with Gasteiger partial charge in [0.2, 0.25) is 0 Å². The van der Waals surface area contributed by atoms with Crippen molar-refractivity contribution in [1.29, 1.82) is 0 Å². The largest absolute Gasteiger partial charge is 0.512 e. The number of aryl methyl sites for hydroxylation is 2. The number of aliphatic hydroxyl groups is 1. The van der Waals surface area contributed by atoms with Crippen LogP contribution in [-0.4, -0.2) is 15.9 Å². The number of ketones is 1. The molecule has 0 atom stereocenters. The predicted octanol–water partition coefficient (Wildman–Crippen LogP) is 15.5. The van der Waals surface area contributed by atoms with E-state index in [1.807, 2.05) is 0 Å². The van der Waals surface area contributed by atoms with E-state index in [0.29, 0.717) is 33.3 Å². The van der Waals surface area contributed by atoms with Crippen molar-refractivity contribution in [3.05, 3.63) is 88.7 Å². The Labute approximate surface area is 366 Å². The second kappa shape index (κ2) is 17.3. The Balaban J connectivity index is 0.000000249. The Bertz CT molecular complexity index is 2110. The van der Waals surface area contributed by atoms with Crippen LogP contribution in [0.25, 0.3) is 32.9 Å². The number of benzene rings is 3. The van der Waals surface area contributed by atoms with E-state index >= 15 is 0 Å². The van der Waals surface area contributed by atoms with Crippen molar-refractivity contribution in [1.82, 2.24) is 4.98 Å². The van der Waals surface area contributed by atoms with Crippen LogP contribution in [0.1, 0.15) is 175 Å². The molecule has 0 amide bonds. The van der Waals surface area contributed by atoms with E-state index in [1.54, 1.807) is 6.08 Å². The van der Waals surface area contributed by atoms with E-state index in [4.69, 9.17) is 4.98 Å². The zero-order valence-electron chi connectivity index (χ0n) is 38.3. The van der Waals surface area contributed by atoms with Gasteiger partial charge >= 0.3 is 0 Å². The Hall–Kier alpha value is -2.81. The molecule has 1 radical (unpaired) electrons. The quantitative estimate of drug-likeness (QED) is 0.123. The van der Waals surface area contributed by atoms with Crippen LogP contribution >= 0.6 is 0 Å². The van der Waals surface area contributed by atoms with Crippen LogP contribution in [0.4, 0.5) is 0 Å². The van der Waals surface area contributed by atoms with Crippen LogP contribution in [0.2, 0.25) is 0 Å². The zero-order valence-corrected chi connectivity index (χ0v) is 40.7. The fourth-order valence-electron chi connectivity index (χ4n) is 11.1. The van der Waals surface area contributed by atoms with Crippen molar-refractivity contribution in [3.8, 4) is 11.3 Å². The fourth-order valence-corrected chi connectivity index (χ4v) is 11.1. The first-order valence-electron chi connectivity index (χ1n) is 22.2. The van der Waals surface area contributed by atoms with Crippen molar-refractivity contribution < 1.29 is 30.0 Å². The van der Waals surface area contributed by atoms with E-state index in [9.17, 15) is 9.90 Å². The molecule has 0 bridgehead atoms. The normalized spacial score (nSPS) is 21.2. The molecule has 0 saturated heterocycles. The van der Waals surface area contributed by atoms with Crippen LogP contribution in [0.3, 0.4) is 0 Å². The molecule has 0 spiro atoms. The summed E-state index contributed by atoms with van der Waals surface area (Å²) in [5.74, 6) is 1.38. The maximum atomic E-state index is 12.4. The van der Waals surface area contributed by atoms with Gasteiger partial charge in [0.1, 0.15) is 0 Å². The van der Waals surface area contributed by atoms with Gasteiger partial charge in [-0.2, -0.15) is 0 Å². The van der Waals surface area contributed by atoms with Gasteiger partial charge in [0.05, 0.1) is 11.3 Å². The number of fused-ring (bicyclic) bond motifs is 2. The number of pyridine rings is 1. The summed E-state index contributed by atoms with van der Waals surface area (Å²) in [7, 11) is 0. The fraction of sp³-hybridized carbons (Fsp3) is 0.593. The van der Waals surface area contributed by atoms with Crippen LogP contribution in [0.15, 0.2) is 60.4 Å². The maximum Gasteiger partial charge on any atom is 0.162 e. The summed E-state index contributed by atoms with van der Waals surface area (Å²) < 4.78 is 0. The van der Waals surface area contributed by atoms with E-state index in [0.717, 1.165) is 68.1 Å². The standard InChI is InChI=1S/C35H42N.C19H32O2.Ir/c1-22-14-23(2)32-28(26-19-34(6,7)21-35(8,9)20-26)18-30(36-31(32)15-22)25-16-24-12-10-11-13-27(24)29(17-25)33(3,4)5;1-18(2)9-5-14(6-10-18)16(20)13-17(21)15-7-11-19(3,4)12-8-15;/h10-15,17-18,26H,19-21H2,1-9H3;13-15,20H,5-12H2,1-4H3;/q-1;;/b;16-13-;. The molecule has 7 rings (SSSR count). The molecule has 3 aliphatic rings. The van der Waals surface area contributed by atoms with Crippen LogP contribution in [0.5, 0.6) is 0 Å². The number of hydrogen-bond donors (Lipinski definition) is 1. The van der Waals surface area contributed by atoms with E-state index in [2.05, 4.69) is 145 Å². The van der Waals surface area contributed by atoms with Gasteiger partial charge in [-0.1, -0.05) is 117 Å². The number of carbonyl (C=O) groups is 1. The minimum atomic E-state index is 0. The maximum absolute atomic E-state index is 12.4. The van der Waals surface area contributed by atoms with Crippen LogP contribution < -0.4 is 0 Å². The van der Waals surface area contributed by atoms with Gasteiger partial charge in [0.25, 0.3) is 0 Å². The summed E-state index contributed by atoms with van der Waals surface area (Å²) in [4.78, 5) is 17.6. The van der Waals surface area contributed by atoms with Crippen LogP contribution in [-0.2, 0) is 30.3 Å². The Morgan fingerprint density at radius 2 is 1.33 bits per heavy atom. The number of allylic oxidation sites excluding steroid dienone is 2. The Kier molecular flexibility index (Phi) is 13.8. The van der Waals surface area contributed by atoms with E-state index in [-0.39, 0.29) is 43.1 Å². The molecule has 1 heterocycles. The number of carbonyl (C=O) groups excluding carboxylic acids is 1. The molecule has 3 aromatic carbocycles. The Morgan fingerprint density at radius 3 is 1.90 bits per heavy atom. The third-order valence-electron chi connectivity index (χ3n) is 13.9. The topological polar surface area (TPSA) is 50.2 Å². The third kappa shape index (κ3) is 11.1. The third-order valence-corrected chi connectivity index (χ3v) is 13.9. The minimum absolute atomic E-state index is 0. The van der Waals surface area contributed by atoms with Crippen LogP contribution in [0, 0.1) is 53.4 Å². The van der Waals surface area contributed by atoms with Crippen molar-refractivity contribution in [2.24, 2.45) is 33.5 Å². The summed E-state index contributed by atoms with van der Waals surface area (Å²) >= 11 is 0. The van der Waals surface area contributed by atoms with Gasteiger partial charge in [-0.15, -0.1) is 29.1 Å². The van der Waals surface area contributed by atoms with Gasteiger partial charge in [-0.25, -0.2) is 0 Å². The number of rotatable bonds is 5. The minimum Gasteiger partial charge on any atom is -0.512 e. The summed E-state index contributed by atoms with van der Waals surface area (Å²) in [5.41, 5.74) is 10.2. The van der Waals surface area contributed by atoms with Crippen molar-refractivity contribution in [2.75, 3.05) is 0 Å². The number of aromatic nitrogens is 1. The molecular formula is C54H74IrNO2-. The van der Waals surface area contributed by atoms with Gasteiger partial charge in [0.15, 0.2) is 5.78 Å². The molecule has 317 valence electrons. The van der Waals surface area contributed by atoms with Gasteiger partial charge in [-0.05, 0) is 140 Å². The first-order valence-corrected chi connectivity index (χ1v) is 22.2. The molecular weight excluding hydrogens is 887 g/mol. The van der Waals surface area contributed by atoms with Crippen molar-refractivity contribution in [3.63, 3.8) is 0 Å². The molecule has 3 saturated carbocycles. The predicted molar refractivity (Wildman–Crippen MR) is 243 cm³/mol. The summed E-state index contributed by atoms with van der Waals surface area (Å²) in [6, 6.07) is 21.8. The van der Waals surface area contributed by atoms with E-state index < -0.39 is 0 Å². The molecule has 3 aliphatic carbocycles. The van der Waals surface area contributed by atoms with Gasteiger partial charge in [-0.3, -0.25) is 9.78 Å². The van der Waals surface area contributed by atoms with Gasteiger partial charge in [0, 0.05) is 49.1 Å². The first-order chi connectivity index (χ1) is 26.4. The number of aliphatic hydroxyl groups excluding tert-OH is 1. The zero-order chi connectivity index (χ0) is 41.7. The second-order valence-electron chi connectivity index (χ2n) is 22.9. The number of hydrogen-bond acceptors (Lipinski definition) is 3. The monoisotopic (exact) mass is 962 g/mol. The SMILES string of the molecule is CC1(C)CCC(C(=O)/C=C(\O)C2CCC(C)(C)CC2)CC1.Cc1cc(C)c2c(C3CC(C)(C)CC(C)(C)C3)cc(-c3[c-]c4ccccc4c(C(C)(C)C)c3)nc2c1.[Ir]. The molecule has 1 aromatic heterocycles. The van der Waals surface area contributed by atoms with Crippen molar-refractivity contribution in [2.45, 2.75) is 172 Å². The van der Waals surface area contributed by atoms with Crippen molar-refractivity contribution >= 4 is 27.5 Å².